The quantitative estimate of drug-likeness (QED) is 0.327. The number of ether oxygens (including phenoxy) is 1. The van der Waals surface area contributed by atoms with Crippen LogP contribution in [0.4, 0.5) is 11.4 Å². The maximum atomic E-state index is 13.5. The van der Waals surface area contributed by atoms with Crippen LogP contribution in [0.2, 0.25) is 0 Å². The molecule has 0 aromatic heterocycles. The van der Waals surface area contributed by atoms with Crippen molar-refractivity contribution in [3.8, 4) is 11.5 Å². The summed E-state index contributed by atoms with van der Waals surface area (Å²) in [5, 5.41) is 3.31. The van der Waals surface area contributed by atoms with Gasteiger partial charge in [0.15, 0.2) is 11.6 Å². The summed E-state index contributed by atoms with van der Waals surface area (Å²) in [6, 6.07) is 25.7. The van der Waals surface area contributed by atoms with Crippen molar-refractivity contribution in [2.45, 2.75) is 6.92 Å². The summed E-state index contributed by atoms with van der Waals surface area (Å²) < 4.78 is 6.10. The lowest BCUT2D eigenvalue weighted by molar-refractivity contribution is 0.0977. The molecule has 33 heavy (non-hydrogen) atoms. The minimum absolute atomic E-state index is 0.206. The monoisotopic (exact) mass is 431 g/mol. The van der Waals surface area contributed by atoms with E-state index < -0.39 is 0 Å². The molecule has 0 atom stereocenters. The lowest BCUT2D eigenvalue weighted by Gasteiger charge is -2.23. The highest BCUT2D eigenvalue weighted by Crippen LogP contribution is 2.40. The Kier molecular flexibility index (Phi) is 5.11. The van der Waals surface area contributed by atoms with E-state index in [1.165, 1.54) is 0 Å². The maximum absolute atomic E-state index is 13.5. The smallest absolute Gasteiger partial charge is 0.198 e. The molecule has 0 bridgehead atoms. The summed E-state index contributed by atoms with van der Waals surface area (Å²) in [5.74, 6) is 0.479. The van der Waals surface area contributed by atoms with Crippen molar-refractivity contribution in [2.75, 3.05) is 5.32 Å². The summed E-state index contributed by atoms with van der Waals surface area (Å²) in [5.41, 5.74) is 4.86. The molecule has 1 N–H and O–H groups in total. The number of benzene rings is 4. The number of ketones is 2. The largest absolute Gasteiger partial charge is 0.457 e. The molecule has 1 aliphatic carbocycles. The number of rotatable bonds is 5. The van der Waals surface area contributed by atoms with Crippen LogP contribution in [0.5, 0.6) is 11.5 Å². The van der Waals surface area contributed by atoms with Crippen LogP contribution in [0.3, 0.4) is 0 Å². The highest BCUT2D eigenvalue weighted by molar-refractivity contribution is 6.31. The predicted octanol–water partition coefficient (Wildman–Crippen LogP) is 6.95. The van der Waals surface area contributed by atoms with Crippen LogP contribution in [-0.2, 0) is 0 Å². The first kappa shape index (κ1) is 20.5. The van der Waals surface area contributed by atoms with Gasteiger partial charge in [0, 0.05) is 16.8 Å². The van der Waals surface area contributed by atoms with E-state index in [4.69, 9.17) is 4.74 Å². The van der Waals surface area contributed by atoms with Gasteiger partial charge >= 0.3 is 0 Å². The molecule has 160 valence electrons. The summed E-state index contributed by atoms with van der Waals surface area (Å²) in [4.78, 5) is 27.1. The zero-order valence-corrected chi connectivity index (χ0v) is 18.1. The summed E-state index contributed by atoms with van der Waals surface area (Å²) in [6.07, 6.45) is 1.75. The van der Waals surface area contributed by atoms with Gasteiger partial charge in [-0.3, -0.25) is 9.59 Å². The van der Waals surface area contributed by atoms with Crippen LogP contribution < -0.4 is 10.1 Å². The Morgan fingerprint density at radius 1 is 0.758 bits per heavy atom. The zero-order chi connectivity index (χ0) is 22.9. The number of nitrogens with one attached hydrogen (secondary N) is 1. The van der Waals surface area contributed by atoms with Gasteiger partial charge in [-0.15, -0.1) is 0 Å². The minimum atomic E-state index is -0.231. The topological polar surface area (TPSA) is 55.4 Å². The van der Waals surface area contributed by atoms with Crippen molar-refractivity contribution >= 4 is 29.0 Å². The first-order valence-corrected chi connectivity index (χ1v) is 10.6. The number of aryl methyl sites for hydroxylation is 1. The molecule has 0 amide bonds. The number of fused-ring (bicyclic) bond motifs is 2. The van der Waals surface area contributed by atoms with Crippen molar-refractivity contribution in [1.29, 1.82) is 0 Å². The van der Waals surface area contributed by atoms with E-state index in [9.17, 15) is 9.59 Å². The number of anilines is 2. The first-order valence-electron chi connectivity index (χ1n) is 10.6. The van der Waals surface area contributed by atoms with E-state index in [2.05, 4.69) is 11.9 Å². The number of carbonyl (C=O) groups excluding carboxylic acids is 2. The second-order valence-corrected chi connectivity index (χ2v) is 7.93. The normalized spacial score (nSPS) is 12.0. The summed E-state index contributed by atoms with van der Waals surface area (Å²) in [7, 11) is 0. The Balaban J connectivity index is 1.64. The molecule has 0 aliphatic heterocycles. The molecule has 4 nitrogen and oxygen atoms in total. The van der Waals surface area contributed by atoms with Crippen LogP contribution in [0.25, 0.3) is 6.08 Å². The van der Waals surface area contributed by atoms with Gasteiger partial charge in [0.25, 0.3) is 0 Å². The predicted molar refractivity (Wildman–Crippen MR) is 131 cm³/mol. The van der Waals surface area contributed by atoms with E-state index >= 15 is 0 Å². The van der Waals surface area contributed by atoms with Crippen LogP contribution in [0.15, 0.2) is 91.5 Å². The van der Waals surface area contributed by atoms with Crippen LogP contribution >= 0.6 is 0 Å². The van der Waals surface area contributed by atoms with Crippen LogP contribution in [0.1, 0.15) is 43.0 Å². The Labute approximate surface area is 192 Å². The van der Waals surface area contributed by atoms with E-state index in [0.717, 1.165) is 16.8 Å². The van der Waals surface area contributed by atoms with Gasteiger partial charge in [0.2, 0.25) is 0 Å². The Morgan fingerprint density at radius 2 is 1.39 bits per heavy atom. The van der Waals surface area contributed by atoms with Crippen molar-refractivity contribution in [3.05, 3.63) is 125 Å². The van der Waals surface area contributed by atoms with Gasteiger partial charge < -0.3 is 10.1 Å². The third-order valence-electron chi connectivity index (χ3n) is 5.71. The van der Waals surface area contributed by atoms with Gasteiger partial charge in [0.05, 0.1) is 16.8 Å². The molecular formula is C29H21NO3. The summed E-state index contributed by atoms with van der Waals surface area (Å²) in [6.45, 7) is 5.77. The molecule has 0 spiro atoms. The molecule has 0 fully saturated rings. The number of hydrogen-bond donors (Lipinski definition) is 1. The SMILES string of the molecule is C=Cc1ccc(Oc2ccc(Nc3ccc(C)cc3)c3c2C(=O)c2ccccc2C3=O)cc1. The molecule has 4 aromatic rings. The maximum Gasteiger partial charge on any atom is 0.198 e. The van der Waals surface area contributed by atoms with E-state index in [0.29, 0.717) is 33.9 Å². The lowest BCUT2D eigenvalue weighted by atomic mass is 9.82. The molecule has 4 heteroatoms. The fourth-order valence-electron chi connectivity index (χ4n) is 3.97. The minimum Gasteiger partial charge on any atom is -0.457 e. The average Bonchev–Trinajstić information content (AvgIpc) is 2.85. The molecule has 4 aromatic carbocycles. The molecule has 1 aliphatic rings. The standard InChI is InChI=1S/C29H21NO3/c1-3-19-10-14-21(15-11-19)33-25-17-16-24(30-20-12-8-18(2)9-13-20)26-27(25)29(32)23-7-5-4-6-22(23)28(26)31/h3-17,30H,1H2,2H3. The van der Waals surface area contributed by atoms with Crippen molar-refractivity contribution in [1.82, 2.24) is 0 Å². The summed E-state index contributed by atoms with van der Waals surface area (Å²) >= 11 is 0. The second kappa shape index (κ2) is 8.24. The second-order valence-electron chi connectivity index (χ2n) is 7.93. The van der Waals surface area contributed by atoms with Gasteiger partial charge in [-0.05, 0) is 48.9 Å². The van der Waals surface area contributed by atoms with Crippen LogP contribution in [-0.4, -0.2) is 11.6 Å². The highest BCUT2D eigenvalue weighted by Gasteiger charge is 2.34. The average molecular weight is 431 g/mol. The van der Waals surface area contributed by atoms with Crippen molar-refractivity contribution in [2.24, 2.45) is 0 Å². The lowest BCUT2D eigenvalue weighted by Crippen LogP contribution is -2.22. The molecule has 0 heterocycles. The van der Waals surface area contributed by atoms with E-state index in [-0.39, 0.29) is 17.1 Å². The molecule has 0 radical (unpaired) electrons. The Hall–Kier alpha value is -4.44. The molecule has 5 rings (SSSR count). The van der Waals surface area contributed by atoms with Crippen molar-refractivity contribution in [3.63, 3.8) is 0 Å². The van der Waals surface area contributed by atoms with Crippen molar-refractivity contribution < 1.29 is 14.3 Å². The third-order valence-corrected chi connectivity index (χ3v) is 5.71. The van der Waals surface area contributed by atoms with E-state index in [1.807, 2.05) is 55.5 Å². The molecule has 0 saturated carbocycles. The fraction of sp³-hybridized carbons (Fsp3) is 0.0345. The molecular weight excluding hydrogens is 410 g/mol. The molecule has 0 saturated heterocycles. The molecule has 0 unspecified atom stereocenters. The van der Waals surface area contributed by atoms with Gasteiger partial charge in [-0.25, -0.2) is 0 Å². The van der Waals surface area contributed by atoms with Gasteiger partial charge in [-0.1, -0.05) is 66.7 Å². The van der Waals surface area contributed by atoms with Gasteiger partial charge in [0.1, 0.15) is 11.5 Å². The third kappa shape index (κ3) is 3.72. The number of carbonyl (C=O) groups is 2. The van der Waals surface area contributed by atoms with Crippen LogP contribution in [0, 0.1) is 6.92 Å². The Morgan fingerprint density at radius 3 is 2.03 bits per heavy atom. The van der Waals surface area contributed by atoms with Gasteiger partial charge in [-0.2, -0.15) is 0 Å². The zero-order valence-electron chi connectivity index (χ0n) is 18.1. The number of hydrogen-bond acceptors (Lipinski definition) is 4. The fourth-order valence-corrected chi connectivity index (χ4v) is 3.97. The Bertz CT molecular complexity index is 1400. The highest BCUT2D eigenvalue weighted by atomic mass is 16.5. The first-order chi connectivity index (χ1) is 16.0. The van der Waals surface area contributed by atoms with E-state index in [1.54, 1.807) is 42.5 Å².